The van der Waals surface area contributed by atoms with Crippen LogP contribution in [0.5, 0.6) is 11.5 Å². The summed E-state index contributed by atoms with van der Waals surface area (Å²) in [6.45, 7) is 23.5. The van der Waals surface area contributed by atoms with Crippen molar-refractivity contribution in [2.24, 2.45) is 11.5 Å². The number of ether oxygens (including phenoxy) is 4. The molecule has 0 saturated carbocycles. The van der Waals surface area contributed by atoms with Crippen molar-refractivity contribution in [3.63, 3.8) is 0 Å². The Bertz CT molecular complexity index is 2690. The van der Waals surface area contributed by atoms with Gasteiger partial charge in [0.05, 0.1) is 72.8 Å². The van der Waals surface area contributed by atoms with Crippen molar-refractivity contribution >= 4 is 93.3 Å². The van der Waals surface area contributed by atoms with E-state index in [1.165, 1.54) is 25.7 Å². The van der Waals surface area contributed by atoms with Gasteiger partial charge in [0.1, 0.15) is 22.7 Å². The summed E-state index contributed by atoms with van der Waals surface area (Å²) < 4.78 is 85.3. The van der Waals surface area contributed by atoms with Crippen LogP contribution in [0.25, 0.3) is 21.8 Å². The van der Waals surface area contributed by atoms with Gasteiger partial charge in [-0.2, -0.15) is 0 Å². The summed E-state index contributed by atoms with van der Waals surface area (Å²) in [7, 11) is -8.37. The van der Waals surface area contributed by atoms with Crippen LogP contribution >= 0.6 is 15.9 Å². The molecule has 0 fully saturated rings. The standard InChI is InChI=1S/C20H26N2O8S.C17H20N2O5.C6H15N.C3H7BrO3S.2Na.H/c1-12-16(18(24)19(21)25)17-13(22(12)9-6-10-31(26,27)28)7-5-8-14(17)29-11-15(23)30-20(2,3)4;1-9-13(15(21)16(18)22)14-10(19-9)6-5-7-11(14)23-8-12(20)24-17(2,3)4;1-4-7(5-2)6-3;4-2-1-3-8(5,6)7;;;/h5,7-8H,6,9-11H2,1-4H3,(H2,21,25)(H,26,27,28);5-7,19H,8H2,1-4H3,(H2,18,22);4-6H2,1-3H3;1-3H2,(H,5,6,7);;;/q;;;;2*+1;-1/p-1. The maximum Gasteiger partial charge on any atom is 1.00 e. The number of ketones is 2. The number of amides is 2. The SMILES string of the molecule is CC[NH+](CC)CC.Cc1[nH]c2cccc(OCC(=O)OC(C)(C)C)c2c1C(=O)C(N)=O.Cc1c(C(=O)C(N)=O)c2c(OCC(=O)OC(C)(C)C)cccc2n1CCCS(=O)(=O)[O-].O=S(=O)([O-])CCCBr.[H-].[Na+].[Na+]. The van der Waals surface area contributed by atoms with E-state index < -0.39 is 79.1 Å². The van der Waals surface area contributed by atoms with E-state index in [-0.39, 0.29) is 108 Å². The number of aryl methyl sites for hydroxylation is 2. The van der Waals surface area contributed by atoms with E-state index in [1.54, 1.807) is 95.2 Å². The molecule has 26 heteroatoms. The molecular weight excluding hydrogens is 1070 g/mol. The van der Waals surface area contributed by atoms with Crippen molar-refractivity contribution in [3.05, 3.63) is 58.9 Å². The quantitative estimate of drug-likeness (QED) is 0.0178. The number of H-pyrrole nitrogens is 1. The second kappa shape index (κ2) is 32.1. The van der Waals surface area contributed by atoms with E-state index in [4.69, 9.17) is 30.4 Å². The third-order valence-electron chi connectivity index (χ3n) is 9.52. The average molecular weight is 1140 g/mol. The molecule has 0 aliphatic carbocycles. The molecule has 21 nitrogen and oxygen atoms in total. The second-order valence-electron chi connectivity index (χ2n) is 17.4. The summed E-state index contributed by atoms with van der Waals surface area (Å²) >= 11 is 3.00. The van der Waals surface area contributed by atoms with Crippen molar-refractivity contribution in [2.45, 2.75) is 107 Å². The maximum absolute atomic E-state index is 12.5. The van der Waals surface area contributed by atoms with Gasteiger partial charge < -0.3 is 55.4 Å². The number of aromatic nitrogens is 2. The van der Waals surface area contributed by atoms with Crippen LogP contribution in [0.2, 0.25) is 0 Å². The molecule has 4 aromatic rings. The zero-order chi connectivity index (χ0) is 53.9. The van der Waals surface area contributed by atoms with Gasteiger partial charge in [-0.15, -0.1) is 0 Å². The summed E-state index contributed by atoms with van der Waals surface area (Å²) in [5, 5.41) is 1.24. The van der Waals surface area contributed by atoms with E-state index in [9.17, 15) is 54.7 Å². The largest absolute Gasteiger partial charge is 1.00 e. The van der Waals surface area contributed by atoms with Crippen LogP contribution in [0, 0.1) is 13.8 Å². The molecule has 2 amide bonds. The first kappa shape index (κ1) is 70.7. The minimum Gasteiger partial charge on any atom is -1.00 e. The summed E-state index contributed by atoms with van der Waals surface area (Å²) in [4.78, 5) is 76.0. The number of carbonyl (C=O) groups is 6. The van der Waals surface area contributed by atoms with Crippen molar-refractivity contribution in [1.82, 2.24) is 9.55 Å². The number of fused-ring (bicyclic) bond motifs is 2. The number of rotatable bonds is 20. The fourth-order valence-corrected chi connectivity index (χ4v) is 8.20. The number of halogens is 1. The van der Waals surface area contributed by atoms with Gasteiger partial charge in [-0.3, -0.25) is 19.2 Å². The van der Waals surface area contributed by atoms with Gasteiger partial charge in [-0.25, -0.2) is 26.4 Å². The van der Waals surface area contributed by atoms with Crippen molar-refractivity contribution in [3.8, 4) is 11.5 Å². The summed E-state index contributed by atoms with van der Waals surface area (Å²) in [6, 6.07) is 9.84. The molecule has 0 aliphatic heterocycles. The third-order valence-corrected chi connectivity index (χ3v) is 11.7. The topological polar surface area (TPSA) is 331 Å². The first-order chi connectivity index (χ1) is 32.2. The van der Waals surface area contributed by atoms with Gasteiger partial charge in [-0.05, 0) is 113 Å². The van der Waals surface area contributed by atoms with Gasteiger partial charge in [0.15, 0.2) is 13.2 Å². The number of esters is 2. The van der Waals surface area contributed by atoms with Crippen molar-refractivity contribution in [1.29, 1.82) is 0 Å². The number of aromatic amines is 1. The van der Waals surface area contributed by atoms with Crippen LogP contribution in [0.15, 0.2) is 36.4 Å². The van der Waals surface area contributed by atoms with Gasteiger partial charge in [0.25, 0.3) is 23.4 Å². The molecule has 2 heterocycles. The van der Waals surface area contributed by atoms with Gasteiger partial charge in [0, 0.05) is 34.8 Å². The monoisotopic (exact) mass is 1140 g/mol. The van der Waals surface area contributed by atoms with E-state index in [0.29, 0.717) is 45.3 Å². The van der Waals surface area contributed by atoms with Crippen LogP contribution in [-0.4, -0.2) is 132 Å². The fourth-order valence-electron chi connectivity index (χ4n) is 6.57. The number of carbonyl (C=O) groups excluding carboxylic acids is 6. The average Bonchev–Trinajstić information content (AvgIpc) is 3.72. The van der Waals surface area contributed by atoms with Crippen molar-refractivity contribution in [2.75, 3.05) is 49.7 Å². The number of primary amides is 2. The van der Waals surface area contributed by atoms with E-state index in [0.717, 1.165) is 0 Å². The van der Waals surface area contributed by atoms with E-state index in [1.807, 2.05) is 0 Å². The first-order valence-corrected chi connectivity index (χ1v) is 26.4. The Hall–Kier alpha value is -3.40. The summed E-state index contributed by atoms with van der Waals surface area (Å²) in [5.41, 5.74) is 11.1. The number of nitrogens with zero attached hydrogens (tertiary/aromatic N) is 1. The van der Waals surface area contributed by atoms with E-state index >= 15 is 0 Å². The van der Waals surface area contributed by atoms with E-state index in [2.05, 4.69) is 41.7 Å². The number of quaternary nitrogens is 1. The minimum absolute atomic E-state index is 0. The molecule has 0 radical (unpaired) electrons. The smallest absolute Gasteiger partial charge is 1.00 e. The number of nitrogens with one attached hydrogen (secondary N) is 2. The Balaban J connectivity index is -0.00000103. The Morgan fingerprint density at radius 1 is 0.694 bits per heavy atom. The van der Waals surface area contributed by atoms with Crippen LogP contribution < -0.4 is 85.0 Å². The maximum atomic E-state index is 12.5. The molecular formula is C46H68BrN5Na2O16S2. The number of benzene rings is 2. The molecule has 4 rings (SSSR count). The minimum atomic E-state index is -4.41. The molecule has 394 valence electrons. The zero-order valence-corrected chi connectivity index (χ0v) is 50.8. The van der Waals surface area contributed by atoms with Crippen LogP contribution in [0.3, 0.4) is 0 Å². The number of Topliss-reactive ketones (excluding diaryl/α,β-unsaturated/α-hetero) is 2. The molecule has 0 unspecified atom stereocenters. The molecule has 72 heavy (non-hydrogen) atoms. The fraction of sp³-hybridized carbons (Fsp3) is 0.522. The van der Waals surface area contributed by atoms with Gasteiger partial charge in [-0.1, -0.05) is 28.1 Å². The van der Waals surface area contributed by atoms with Crippen LogP contribution in [0.4, 0.5) is 0 Å². The Labute approximate surface area is 476 Å². The number of hydrogen-bond acceptors (Lipinski definition) is 16. The zero-order valence-electron chi connectivity index (χ0n) is 44.6. The number of alkyl halides is 1. The summed E-state index contributed by atoms with van der Waals surface area (Å²) in [6.07, 6.45) is 0.398. The molecule has 2 aromatic carbocycles. The molecule has 0 spiro atoms. The predicted octanol–water partition coefficient (Wildman–Crippen LogP) is -2.49. The van der Waals surface area contributed by atoms with Gasteiger partial charge in [0.2, 0.25) is 0 Å². The number of hydrogen-bond donors (Lipinski definition) is 4. The first-order valence-electron chi connectivity index (χ1n) is 22.1. The van der Waals surface area contributed by atoms with Gasteiger partial charge >= 0.3 is 71.1 Å². The van der Waals surface area contributed by atoms with Crippen molar-refractivity contribution < 1.29 is 139 Å². The molecule has 2 aromatic heterocycles. The normalized spacial score (nSPS) is 11.3. The predicted molar refractivity (Wildman–Crippen MR) is 265 cm³/mol. The van der Waals surface area contributed by atoms with Crippen LogP contribution in [0.1, 0.15) is 109 Å². The molecule has 0 atom stereocenters. The second-order valence-corrected chi connectivity index (χ2v) is 21.3. The number of nitrogens with two attached hydrogens (primary N) is 2. The molecule has 6 N–H and O–H groups in total. The molecule has 0 saturated heterocycles. The third kappa shape index (κ3) is 25.2. The molecule has 0 aliphatic rings. The Morgan fingerprint density at radius 3 is 1.49 bits per heavy atom. The Morgan fingerprint density at radius 2 is 1.11 bits per heavy atom. The van der Waals surface area contributed by atoms with Crippen LogP contribution in [-0.2, 0) is 55.4 Å². The summed E-state index contributed by atoms with van der Waals surface area (Å²) in [5.74, 6) is -5.54. The molecule has 0 bridgehead atoms. The Kier molecular flexibility index (Phi) is 31.5.